The Kier molecular flexibility index (Phi) is 6.34. The van der Waals surface area contributed by atoms with Crippen LogP contribution in [0.3, 0.4) is 0 Å². The van der Waals surface area contributed by atoms with Gasteiger partial charge in [0.2, 0.25) is 0 Å². The van der Waals surface area contributed by atoms with Gasteiger partial charge in [0.15, 0.2) is 0 Å². The zero-order valence-corrected chi connectivity index (χ0v) is 16.3. The first-order valence-electron chi connectivity index (χ1n) is 8.56. The lowest BCUT2D eigenvalue weighted by molar-refractivity contribution is -0.134. The first-order valence-corrected chi connectivity index (χ1v) is 8.56. The molecule has 142 valence electrons. The van der Waals surface area contributed by atoms with Crippen LogP contribution in [-0.4, -0.2) is 25.2 Å². The number of fused-ring (bicyclic) bond motifs is 1. The van der Waals surface area contributed by atoms with Gasteiger partial charge in [0, 0.05) is 30.8 Å². The maximum Gasteiger partial charge on any atom is 0.300 e. The van der Waals surface area contributed by atoms with Crippen LogP contribution in [0.15, 0.2) is 70.7 Å². The fourth-order valence-corrected chi connectivity index (χ4v) is 3.09. The SMILES string of the molecule is CC(=O)O.COc1ccccc1N=NC=C1N(C)c2ccccc2C1(C)C. The van der Waals surface area contributed by atoms with Crippen molar-refractivity contribution in [3.8, 4) is 5.75 Å². The standard InChI is InChI=1S/C19H21N3O.C2H4O2/c1-19(2)14-9-5-7-11-16(14)22(3)18(19)13-20-21-15-10-6-8-12-17(15)23-4;1-2(3)4/h5-13H,1-4H3;1H3,(H,3,4). The summed E-state index contributed by atoms with van der Waals surface area (Å²) in [5.74, 6) is -0.114. The molecule has 0 aliphatic carbocycles. The lowest BCUT2D eigenvalue weighted by atomic mass is 9.84. The van der Waals surface area contributed by atoms with E-state index in [4.69, 9.17) is 14.6 Å². The van der Waals surface area contributed by atoms with E-state index in [0.717, 1.165) is 24.1 Å². The van der Waals surface area contributed by atoms with Crippen molar-refractivity contribution in [2.45, 2.75) is 26.2 Å². The molecule has 27 heavy (non-hydrogen) atoms. The van der Waals surface area contributed by atoms with Crippen LogP contribution in [0.5, 0.6) is 5.75 Å². The van der Waals surface area contributed by atoms with E-state index in [9.17, 15) is 0 Å². The number of ether oxygens (including phenoxy) is 1. The first kappa shape index (κ1) is 20.2. The van der Waals surface area contributed by atoms with Crippen LogP contribution < -0.4 is 9.64 Å². The summed E-state index contributed by atoms with van der Waals surface area (Å²) in [4.78, 5) is 11.2. The van der Waals surface area contributed by atoms with Gasteiger partial charge in [-0.2, -0.15) is 5.11 Å². The fraction of sp³-hybridized carbons (Fsp3) is 0.286. The number of azo groups is 1. The minimum Gasteiger partial charge on any atom is -0.494 e. The Labute approximate surface area is 159 Å². The van der Waals surface area contributed by atoms with Crippen LogP contribution in [-0.2, 0) is 10.2 Å². The molecular formula is C21H25N3O3. The topological polar surface area (TPSA) is 74.5 Å². The van der Waals surface area contributed by atoms with Gasteiger partial charge in [-0.1, -0.05) is 44.2 Å². The minimum atomic E-state index is -0.833. The Morgan fingerprint density at radius 3 is 2.37 bits per heavy atom. The highest BCUT2D eigenvalue weighted by Crippen LogP contribution is 2.46. The summed E-state index contributed by atoms with van der Waals surface area (Å²) in [5.41, 5.74) is 4.28. The summed E-state index contributed by atoms with van der Waals surface area (Å²) in [7, 11) is 3.70. The molecule has 1 aliphatic heterocycles. The zero-order chi connectivity index (χ0) is 20.0. The van der Waals surface area contributed by atoms with Crippen LogP contribution in [0, 0.1) is 0 Å². The summed E-state index contributed by atoms with van der Waals surface area (Å²) in [5, 5.41) is 16.0. The van der Waals surface area contributed by atoms with Crippen LogP contribution in [0.1, 0.15) is 26.3 Å². The number of aliphatic carboxylic acids is 1. The summed E-state index contributed by atoms with van der Waals surface area (Å²) >= 11 is 0. The second kappa shape index (κ2) is 8.49. The third-order valence-corrected chi connectivity index (χ3v) is 4.37. The van der Waals surface area contributed by atoms with Crippen molar-refractivity contribution in [2.75, 3.05) is 19.1 Å². The number of anilines is 1. The molecule has 6 heteroatoms. The quantitative estimate of drug-likeness (QED) is 0.762. The average molecular weight is 367 g/mol. The second-order valence-corrected chi connectivity index (χ2v) is 6.62. The van der Waals surface area contributed by atoms with Crippen molar-refractivity contribution in [1.29, 1.82) is 0 Å². The Bertz CT molecular complexity index is 868. The van der Waals surface area contributed by atoms with Crippen molar-refractivity contribution in [1.82, 2.24) is 0 Å². The summed E-state index contributed by atoms with van der Waals surface area (Å²) in [6.45, 7) is 5.50. The number of para-hydroxylation sites is 2. The van der Waals surface area contributed by atoms with E-state index in [2.05, 4.69) is 60.3 Å². The number of carbonyl (C=O) groups is 1. The van der Waals surface area contributed by atoms with Crippen LogP contribution in [0.2, 0.25) is 0 Å². The van der Waals surface area contributed by atoms with Gasteiger partial charge in [-0.25, -0.2) is 0 Å². The van der Waals surface area contributed by atoms with Crippen LogP contribution in [0.25, 0.3) is 0 Å². The average Bonchev–Trinajstić information content (AvgIpc) is 2.82. The van der Waals surface area contributed by atoms with E-state index in [-0.39, 0.29) is 5.41 Å². The van der Waals surface area contributed by atoms with Gasteiger partial charge in [0.05, 0.1) is 13.3 Å². The molecule has 6 nitrogen and oxygen atoms in total. The monoisotopic (exact) mass is 367 g/mol. The van der Waals surface area contributed by atoms with E-state index in [0.29, 0.717) is 0 Å². The zero-order valence-electron chi connectivity index (χ0n) is 16.3. The van der Waals surface area contributed by atoms with E-state index < -0.39 is 5.97 Å². The molecule has 0 fully saturated rings. The molecule has 1 N–H and O–H groups in total. The maximum atomic E-state index is 9.00. The molecule has 0 unspecified atom stereocenters. The van der Waals surface area contributed by atoms with Crippen molar-refractivity contribution < 1.29 is 14.6 Å². The molecule has 0 saturated carbocycles. The highest BCUT2D eigenvalue weighted by Gasteiger charge is 2.38. The molecule has 0 spiro atoms. The molecule has 0 aromatic heterocycles. The predicted molar refractivity (Wildman–Crippen MR) is 107 cm³/mol. The number of hydrogen-bond acceptors (Lipinski definition) is 5. The third-order valence-electron chi connectivity index (χ3n) is 4.37. The first-order chi connectivity index (χ1) is 12.8. The highest BCUT2D eigenvalue weighted by atomic mass is 16.5. The number of carboxylic acid groups (broad SMARTS) is 1. The van der Waals surface area contributed by atoms with Gasteiger partial charge in [-0.3, -0.25) is 4.79 Å². The number of allylic oxidation sites excluding steroid dienone is 1. The lowest BCUT2D eigenvalue weighted by Crippen LogP contribution is -2.22. The van der Waals surface area contributed by atoms with Gasteiger partial charge < -0.3 is 14.7 Å². The number of likely N-dealkylation sites (N-methyl/N-ethyl adjacent to an activating group) is 1. The largest absolute Gasteiger partial charge is 0.494 e. The van der Waals surface area contributed by atoms with E-state index in [1.54, 1.807) is 7.11 Å². The molecule has 0 amide bonds. The van der Waals surface area contributed by atoms with Crippen molar-refractivity contribution in [3.63, 3.8) is 0 Å². The van der Waals surface area contributed by atoms with Gasteiger partial charge in [-0.05, 0) is 23.8 Å². The van der Waals surface area contributed by atoms with E-state index in [1.165, 1.54) is 11.3 Å². The lowest BCUT2D eigenvalue weighted by Gasteiger charge is -2.22. The molecule has 3 rings (SSSR count). The number of hydrogen-bond donors (Lipinski definition) is 1. The van der Waals surface area contributed by atoms with Gasteiger partial charge >= 0.3 is 0 Å². The highest BCUT2D eigenvalue weighted by molar-refractivity contribution is 5.69. The molecule has 0 bridgehead atoms. The van der Waals surface area contributed by atoms with Crippen LogP contribution in [0.4, 0.5) is 11.4 Å². The molecule has 2 aromatic rings. The summed E-state index contributed by atoms with van der Waals surface area (Å²) < 4.78 is 5.30. The van der Waals surface area contributed by atoms with Gasteiger partial charge in [-0.15, -0.1) is 5.11 Å². The third kappa shape index (κ3) is 4.53. The molecule has 0 atom stereocenters. The number of carboxylic acids is 1. The van der Waals surface area contributed by atoms with E-state index >= 15 is 0 Å². The maximum absolute atomic E-state index is 9.00. The molecule has 2 aromatic carbocycles. The van der Waals surface area contributed by atoms with Gasteiger partial charge in [0.1, 0.15) is 11.4 Å². The molecule has 0 radical (unpaired) electrons. The summed E-state index contributed by atoms with van der Waals surface area (Å²) in [6.07, 6.45) is 1.84. The normalized spacial score (nSPS) is 16.0. The Hall–Kier alpha value is -3.15. The Morgan fingerprint density at radius 2 is 1.74 bits per heavy atom. The number of nitrogens with zero attached hydrogens (tertiary/aromatic N) is 3. The molecular weight excluding hydrogens is 342 g/mol. The molecule has 0 saturated heterocycles. The number of benzene rings is 2. The summed E-state index contributed by atoms with van der Waals surface area (Å²) in [6, 6.07) is 16.0. The fourth-order valence-electron chi connectivity index (χ4n) is 3.09. The Balaban J connectivity index is 0.000000596. The Morgan fingerprint density at radius 1 is 1.15 bits per heavy atom. The number of methoxy groups -OCH3 is 1. The smallest absolute Gasteiger partial charge is 0.300 e. The van der Waals surface area contributed by atoms with Crippen molar-refractivity contribution >= 4 is 17.3 Å². The predicted octanol–water partition coefficient (Wildman–Crippen LogP) is 5.14. The second-order valence-electron chi connectivity index (χ2n) is 6.62. The van der Waals surface area contributed by atoms with E-state index in [1.807, 2.05) is 30.5 Å². The van der Waals surface area contributed by atoms with Gasteiger partial charge in [0.25, 0.3) is 5.97 Å². The van der Waals surface area contributed by atoms with Crippen molar-refractivity contribution in [2.24, 2.45) is 10.2 Å². The number of rotatable bonds is 3. The molecule has 1 aliphatic rings. The van der Waals surface area contributed by atoms with Crippen molar-refractivity contribution in [3.05, 3.63) is 66.0 Å². The van der Waals surface area contributed by atoms with Crippen LogP contribution >= 0.6 is 0 Å². The molecule has 1 heterocycles. The minimum absolute atomic E-state index is 0.0921.